The maximum Gasteiger partial charge on any atom is 0.229 e. The van der Waals surface area contributed by atoms with Gasteiger partial charge in [0.2, 0.25) is 5.95 Å². The second-order valence-electron chi connectivity index (χ2n) is 5.93. The lowest BCUT2D eigenvalue weighted by molar-refractivity contribution is 1.13. The summed E-state index contributed by atoms with van der Waals surface area (Å²) in [7, 11) is 0. The number of benzene rings is 2. The molecule has 0 amide bonds. The molecule has 0 aliphatic heterocycles. The summed E-state index contributed by atoms with van der Waals surface area (Å²) in [5.74, 6) is 1.27. The Bertz CT molecular complexity index is 919. The molecule has 0 bridgehead atoms. The van der Waals surface area contributed by atoms with Crippen LogP contribution in [0.4, 0.5) is 23.1 Å². The predicted octanol–water partition coefficient (Wildman–Crippen LogP) is 4.76. The Labute approximate surface area is 147 Å². The second-order valence-corrected chi connectivity index (χ2v) is 5.93. The van der Waals surface area contributed by atoms with Crippen LogP contribution in [0, 0.1) is 32.1 Å². The lowest BCUT2D eigenvalue weighted by Crippen LogP contribution is -2.04. The number of rotatable bonds is 4. The Balaban J connectivity index is 1.86. The van der Waals surface area contributed by atoms with Crippen LogP contribution in [0.25, 0.3) is 0 Å². The quantitative estimate of drug-likeness (QED) is 0.722. The first-order valence-electron chi connectivity index (χ1n) is 8.01. The van der Waals surface area contributed by atoms with Crippen LogP contribution in [0.15, 0.2) is 48.7 Å². The molecule has 3 aromatic rings. The summed E-state index contributed by atoms with van der Waals surface area (Å²) < 4.78 is 0. The van der Waals surface area contributed by atoms with Crippen LogP contribution in [0.3, 0.4) is 0 Å². The van der Waals surface area contributed by atoms with E-state index >= 15 is 0 Å². The van der Waals surface area contributed by atoms with Crippen LogP contribution in [-0.4, -0.2) is 9.97 Å². The third kappa shape index (κ3) is 3.75. The van der Waals surface area contributed by atoms with Gasteiger partial charge in [0.05, 0.1) is 11.6 Å². The van der Waals surface area contributed by atoms with Crippen molar-refractivity contribution in [2.24, 2.45) is 0 Å². The summed E-state index contributed by atoms with van der Waals surface area (Å²) in [6, 6.07) is 15.5. The van der Waals surface area contributed by atoms with Gasteiger partial charge < -0.3 is 10.6 Å². The van der Waals surface area contributed by atoms with Crippen LogP contribution < -0.4 is 10.6 Å². The van der Waals surface area contributed by atoms with Crippen LogP contribution in [0.1, 0.15) is 22.3 Å². The largest absolute Gasteiger partial charge is 0.339 e. The van der Waals surface area contributed by atoms with Gasteiger partial charge in [0.1, 0.15) is 5.82 Å². The van der Waals surface area contributed by atoms with Gasteiger partial charge in [-0.1, -0.05) is 18.2 Å². The van der Waals surface area contributed by atoms with E-state index in [2.05, 4.69) is 52.7 Å². The molecular weight excluding hydrogens is 310 g/mol. The summed E-state index contributed by atoms with van der Waals surface area (Å²) in [6.45, 7) is 6.12. The van der Waals surface area contributed by atoms with Gasteiger partial charge >= 0.3 is 0 Å². The first kappa shape index (κ1) is 16.5. The standard InChI is InChI=1S/C20H19N5/c1-13-5-4-6-14(2)18(13)24-19-15(3)12-22-20(25-19)23-17-9-7-16(11-21)8-10-17/h4-10,12H,1-3H3,(H2,22,23,24,25). The molecule has 25 heavy (non-hydrogen) atoms. The molecule has 0 atom stereocenters. The Morgan fingerprint density at radius 2 is 1.56 bits per heavy atom. The van der Waals surface area contributed by atoms with E-state index in [0.29, 0.717) is 11.5 Å². The van der Waals surface area contributed by atoms with E-state index in [1.165, 1.54) is 11.1 Å². The van der Waals surface area contributed by atoms with Gasteiger partial charge in [-0.25, -0.2) is 4.98 Å². The summed E-state index contributed by atoms with van der Waals surface area (Å²) in [5.41, 5.74) is 5.81. The molecular formula is C20H19N5. The van der Waals surface area contributed by atoms with Crippen molar-refractivity contribution in [1.82, 2.24) is 9.97 Å². The summed E-state index contributed by atoms with van der Waals surface area (Å²) in [5, 5.41) is 15.5. The minimum absolute atomic E-state index is 0.504. The molecule has 0 saturated heterocycles. The summed E-state index contributed by atoms with van der Waals surface area (Å²) >= 11 is 0. The smallest absolute Gasteiger partial charge is 0.229 e. The Hall–Kier alpha value is -3.39. The van der Waals surface area contributed by atoms with Crippen LogP contribution >= 0.6 is 0 Å². The number of hydrogen-bond donors (Lipinski definition) is 2. The molecule has 0 radical (unpaired) electrons. The third-order valence-electron chi connectivity index (χ3n) is 3.97. The normalized spacial score (nSPS) is 10.2. The van der Waals surface area contributed by atoms with Crippen molar-refractivity contribution in [3.63, 3.8) is 0 Å². The van der Waals surface area contributed by atoms with Crippen LogP contribution in [0.5, 0.6) is 0 Å². The zero-order valence-electron chi connectivity index (χ0n) is 14.5. The fourth-order valence-corrected chi connectivity index (χ4v) is 2.52. The molecule has 0 fully saturated rings. The number of nitrogens with zero attached hydrogens (tertiary/aromatic N) is 3. The van der Waals surface area contributed by atoms with E-state index < -0.39 is 0 Å². The van der Waals surface area contributed by atoms with Gasteiger partial charge in [-0.05, 0) is 56.2 Å². The van der Waals surface area contributed by atoms with Gasteiger partial charge in [-0.3, -0.25) is 0 Å². The highest BCUT2D eigenvalue weighted by atomic mass is 15.1. The highest BCUT2D eigenvalue weighted by Gasteiger charge is 2.08. The lowest BCUT2D eigenvalue weighted by Gasteiger charge is -2.14. The van der Waals surface area contributed by atoms with E-state index in [4.69, 9.17) is 5.26 Å². The van der Waals surface area contributed by atoms with Crippen molar-refractivity contribution in [3.05, 3.63) is 70.9 Å². The number of para-hydroxylation sites is 1. The van der Waals surface area contributed by atoms with Gasteiger partial charge in [0.15, 0.2) is 0 Å². The molecule has 0 aliphatic carbocycles. The highest BCUT2D eigenvalue weighted by Crippen LogP contribution is 2.26. The average Bonchev–Trinajstić information content (AvgIpc) is 2.61. The van der Waals surface area contributed by atoms with Crippen molar-refractivity contribution in [3.8, 4) is 6.07 Å². The van der Waals surface area contributed by atoms with E-state index in [1.807, 2.05) is 25.1 Å². The Morgan fingerprint density at radius 1 is 0.880 bits per heavy atom. The van der Waals surface area contributed by atoms with Crippen molar-refractivity contribution in [2.45, 2.75) is 20.8 Å². The molecule has 0 saturated carbocycles. The number of hydrogen-bond acceptors (Lipinski definition) is 5. The number of aryl methyl sites for hydroxylation is 3. The highest BCUT2D eigenvalue weighted by molar-refractivity contribution is 5.67. The molecule has 0 unspecified atom stereocenters. The molecule has 2 N–H and O–H groups in total. The summed E-state index contributed by atoms with van der Waals surface area (Å²) in [6.07, 6.45) is 1.79. The Morgan fingerprint density at radius 3 is 2.20 bits per heavy atom. The SMILES string of the molecule is Cc1cnc(Nc2ccc(C#N)cc2)nc1Nc1c(C)cccc1C. The molecule has 5 heteroatoms. The zero-order chi connectivity index (χ0) is 17.8. The predicted molar refractivity (Wildman–Crippen MR) is 100 cm³/mol. The Kier molecular flexibility index (Phi) is 4.62. The topological polar surface area (TPSA) is 73.6 Å². The van der Waals surface area contributed by atoms with Gasteiger partial charge in [-0.15, -0.1) is 0 Å². The minimum Gasteiger partial charge on any atom is -0.339 e. The van der Waals surface area contributed by atoms with Crippen LogP contribution in [-0.2, 0) is 0 Å². The maximum absolute atomic E-state index is 8.87. The number of nitriles is 1. The number of nitrogens with one attached hydrogen (secondary N) is 2. The van der Waals surface area contributed by atoms with E-state index in [9.17, 15) is 0 Å². The number of aromatic nitrogens is 2. The van der Waals surface area contributed by atoms with E-state index in [0.717, 1.165) is 22.8 Å². The van der Waals surface area contributed by atoms with E-state index in [-0.39, 0.29) is 0 Å². The third-order valence-corrected chi connectivity index (χ3v) is 3.97. The lowest BCUT2D eigenvalue weighted by atomic mass is 10.1. The van der Waals surface area contributed by atoms with Gasteiger partial charge in [0, 0.05) is 23.1 Å². The fourth-order valence-electron chi connectivity index (χ4n) is 2.52. The van der Waals surface area contributed by atoms with Crippen molar-refractivity contribution < 1.29 is 0 Å². The minimum atomic E-state index is 0.504. The molecule has 2 aromatic carbocycles. The first-order chi connectivity index (χ1) is 12.1. The molecule has 124 valence electrons. The molecule has 1 aromatic heterocycles. The van der Waals surface area contributed by atoms with Crippen molar-refractivity contribution in [2.75, 3.05) is 10.6 Å². The molecule has 3 rings (SSSR count). The summed E-state index contributed by atoms with van der Waals surface area (Å²) in [4.78, 5) is 8.93. The fraction of sp³-hybridized carbons (Fsp3) is 0.150. The van der Waals surface area contributed by atoms with Crippen LogP contribution in [0.2, 0.25) is 0 Å². The average molecular weight is 329 g/mol. The van der Waals surface area contributed by atoms with Gasteiger partial charge in [-0.2, -0.15) is 10.2 Å². The zero-order valence-corrected chi connectivity index (χ0v) is 14.5. The molecule has 0 aliphatic rings. The maximum atomic E-state index is 8.87. The monoisotopic (exact) mass is 329 g/mol. The van der Waals surface area contributed by atoms with Crippen molar-refractivity contribution >= 4 is 23.1 Å². The van der Waals surface area contributed by atoms with Gasteiger partial charge in [0.25, 0.3) is 0 Å². The molecule has 0 spiro atoms. The van der Waals surface area contributed by atoms with Crippen molar-refractivity contribution in [1.29, 1.82) is 5.26 Å². The van der Waals surface area contributed by atoms with E-state index in [1.54, 1.807) is 18.3 Å². The molecule has 1 heterocycles. The second kappa shape index (κ2) is 7.02. The first-order valence-corrected chi connectivity index (χ1v) is 8.01. The number of anilines is 4. The molecule has 5 nitrogen and oxygen atoms in total.